The maximum absolute atomic E-state index is 12.9. The minimum Gasteiger partial charge on any atom is -0.463 e. The Hall–Kier alpha value is -3.66. The highest BCUT2D eigenvalue weighted by molar-refractivity contribution is 6.32. The Labute approximate surface area is 182 Å². The SMILES string of the molecule is Cc1cnc(NC(=O)[C@@H](Oc2ncnc3c2cnn3-c2ncccc2Cl)C(C)C)cn1. The van der Waals surface area contributed by atoms with Crippen molar-refractivity contribution in [3.05, 3.63) is 54.0 Å². The van der Waals surface area contributed by atoms with Gasteiger partial charge in [0.05, 0.1) is 29.3 Å². The molecule has 4 aromatic rings. The number of rotatable bonds is 6. The minimum atomic E-state index is -0.831. The first-order chi connectivity index (χ1) is 14.9. The normalized spacial score (nSPS) is 12.2. The molecule has 0 spiro atoms. The molecule has 11 heteroatoms. The molecule has 4 rings (SSSR count). The lowest BCUT2D eigenvalue weighted by molar-refractivity contribution is -0.124. The Morgan fingerprint density at radius 3 is 2.68 bits per heavy atom. The number of ether oxygens (including phenoxy) is 1. The fourth-order valence-corrected chi connectivity index (χ4v) is 3.07. The summed E-state index contributed by atoms with van der Waals surface area (Å²) in [6, 6.07) is 3.44. The molecule has 4 aromatic heterocycles. The second kappa shape index (κ2) is 8.60. The standard InChI is InChI=1S/C20H19ClN8O2/c1-11(2)16(19(30)28-15-9-23-12(3)7-24-15)31-20-13-8-27-29(17(13)25-10-26-20)18-14(21)5-4-6-22-18/h4-11,16H,1-3H3,(H,24,28,30)/t16-/m0/s1. The first-order valence-corrected chi connectivity index (χ1v) is 9.87. The van der Waals surface area contributed by atoms with Crippen LogP contribution < -0.4 is 10.1 Å². The molecule has 1 atom stereocenters. The van der Waals surface area contributed by atoms with Gasteiger partial charge in [0.15, 0.2) is 23.4 Å². The molecule has 0 aromatic carbocycles. The van der Waals surface area contributed by atoms with Crippen molar-refractivity contribution in [3.63, 3.8) is 0 Å². The van der Waals surface area contributed by atoms with Crippen LogP contribution in [0.4, 0.5) is 5.82 Å². The summed E-state index contributed by atoms with van der Waals surface area (Å²) >= 11 is 6.25. The van der Waals surface area contributed by atoms with E-state index >= 15 is 0 Å². The van der Waals surface area contributed by atoms with E-state index in [4.69, 9.17) is 16.3 Å². The topological polar surface area (TPSA) is 121 Å². The maximum Gasteiger partial charge on any atom is 0.266 e. The minimum absolute atomic E-state index is 0.149. The summed E-state index contributed by atoms with van der Waals surface area (Å²) in [6.07, 6.45) is 6.74. The lowest BCUT2D eigenvalue weighted by atomic mass is 10.1. The van der Waals surface area contributed by atoms with E-state index in [2.05, 4.69) is 35.3 Å². The first kappa shape index (κ1) is 20.6. The summed E-state index contributed by atoms with van der Waals surface area (Å²) in [7, 11) is 0. The quantitative estimate of drug-likeness (QED) is 0.487. The molecule has 31 heavy (non-hydrogen) atoms. The number of hydrogen-bond donors (Lipinski definition) is 1. The van der Waals surface area contributed by atoms with Crippen molar-refractivity contribution in [2.24, 2.45) is 5.92 Å². The van der Waals surface area contributed by atoms with E-state index in [-0.39, 0.29) is 17.7 Å². The van der Waals surface area contributed by atoms with Gasteiger partial charge in [-0.05, 0) is 25.0 Å². The Morgan fingerprint density at radius 2 is 1.97 bits per heavy atom. The van der Waals surface area contributed by atoms with Crippen LogP contribution in [0.1, 0.15) is 19.5 Å². The largest absolute Gasteiger partial charge is 0.463 e. The molecule has 0 saturated heterocycles. The molecule has 0 unspecified atom stereocenters. The van der Waals surface area contributed by atoms with E-state index in [1.807, 2.05) is 20.8 Å². The Kier molecular flexibility index (Phi) is 5.72. The average molecular weight is 439 g/mol. The number of aromatic nitrogens is 7. The van der Waals surface area contributed by atoms with Crippen LogP contribution in [0.25, 0.3) is 16.9 Å². The van der Waals surface area contributed by atoms with Gasteiger partial charge in [-0.3, -0.25) is 9.78 Å². The lowest BCUT2D eigenvalue weighted by Gasteiger charge is -2.21. The van der Waals surface area contributed by atoms with E-state index in [1.54, 1.807) is 30.7 Å². The fraction of sp³-hybridized carbons (Fsp3) is 0.250. The molecule has 0 aliphatic heterocycles. The highest BCUT2D eigenvalue weighted by atomic mass is 35.5. The number of aryl methyl sites for hydroxylation is 1. The average Bonchev–Trinajstić information content (AvgIpc) is 3.18. The van der Waals surface area contributed by atoms with Crippen LogP contribution in [0, 0.1) is 12.8 Å². The molecule has 0 radical (unpaired) electrons. The third kappa shape index (κ3) is 4.29. The molecule has 0 bridgehead atoms. The highest BCUT2D eigenvalue weighted by Gasteiger charge is 2.27. The van der Waals surface area contributed by atoms with Gasteiger partial charge in [-0.1, -0.05) is 25.4 Å². The number of fused-ring (bicyclic) bond motifs is 1. The summed E-state index contributed by atoms with van der Waals surface area (Å²) < 4.78 is 7.51. The number of carbonyl (C=O) groups excluding carboxylic acids is 1. The van der Waals surface area contributed by atoms with Gasteiger partial charge < -0.3 is 10.1 Å². The lowest BCUT2D eigenvalue weighted by Crippen LogP contribution is -2.37. The smallest absolute Gasteiger partial charge is 0.266 e. The Bertz CT molecular complexity index is 1230. The number of halogens is 1. The fourth-order valence-electron chi connectivity index (χ4n) is 2.87. The number of carbonyl (C=O) groups is 1. The number of hydrogen-bond acceptors (Lipinski definition) is 8. The van der Waals surface area contributed by atoms with Crippen molar-refractivity contribution >= 4 is 34.4 Å². The van der Waals surface area contributed by atoms with Crippen LogP contribution in [0.3, 0.4) is 0 Å². The van der Waals surface area contributed by atoms with Crippen LogP contribution >= 0.6 is 11.6 Å². The molecule has 1 N–H and O–H groups in total. The number of nitrogens with one attached hydrogen (secondary N) is 1. The first-order valence-electron chi connectivity index (χ1n) is 9.50. The van der Waals surface area contributed by atoms with E-state index in [0.29, 0.717) is 27.7 Å². The molecular formula is C20H19ClN8O2. The summed E-state index contributed by atoms with van der Waals surface area (Å²) in [5, 5.41) is 8.01. The van der Waals surface area contributed by atoms with Crippen LogP contribution in [0.15, 0.2) is 43.2 Å². The van der Waals surface area contributed by atoms with E-state index in [0.717, 1.165) is 5.69 Å². The van der Waals surface area contributed by atoms with Gasteiger partial charge in [-0.2, -0.15) is 9.78 Å². The van der Waals surface area contributed by atoms with Crippen LogP contribution in [0.2, 0.25) is 5.02 Å². The molecular weight excluding hydrogens is 420 g/mol. The number of nitrogens with zero attached hydrogens (tertiary/aromatic N) is 7. The van der Waals surface area contributed by atoms with Gasteiger partial charge in [0.25, 0.3) is 5.91 Å². The van der Waals surface area contributed by atoms with Crippen molar-refractivity contribution in [3.8, 4) is 11.7 Å². The zero-order valence-corrected chi connectivity index (χ0v) is 17.8. The second-order valence-corrected chi connectivity index (χ2v) is 7.50. The maximum atomic E-state index is 12.9. The van der Waals surface area contributed by atoms with E-state index in [1.165, 1.54) is 17.2 Å². The number of pyridine rings is 1. The third-order valence-electron chi connectivity index (χ3n) is 4.40. The van der Waals surface area contributed by atoms with E-state index in [9.17, 15) is 4.79 Å². The van der Waals surface area contributed by atoms with Crippen molar-refractivity contribution in [1.29, 1.82) is 0 Å². The van der Waals surface area contributed by atoms with Gasteiger partial charge in [0.1, 0.15) is 11.7 Å². The third-order valence-corrected chi connectivity index (χ3v) is 4.70. The molecule has 1 amide bonds. The van der Waals surface area contributed by atoms with Crippen molar-refractivity contribution in [2.45, 2.75) is 26.9 Å². The Morgan fingerprint density at radius 1 is 1.13 bits per heavy atom. The molecule has 0 fully saturated rings. The summed E-state index contributed by atoms with van der Waals surface area (Å²) in [5.41, 5.74) is 1.21. The number of anilines is 1. The molecule has 0 aliphatic carbocycles. The second-order valence-electron chi connectivity index (χ2n) is 7.10. The predicted molar refractivity (Wildman–Crippen MR) is 114 cm³/mol. The molecule has 4 heterocycles. The predicted octanol–water partition coefficient (Wildman–Crippen LogP) is 3.00. The summed E-state index contributed by atoms with van der Waals surface area (Å²) in [4.78, 5) is 33.9. The van der Waals surface area contributed by atoms with Crippen molar-refractivity contribution in [1.82, 2.24) is 34.7 Å². The highest BCUT2D eigenvalue weighted by Crippen LogP contribution is 2.27. The van der Waals surface area contributed by atoms with Crippen LogP contribution in [-0.2, 0) is 4.79 Å². The summed E-state index contributed by atoms with van der Waals surface area (Å²) in [5.74, 6) is 0.492. The zero-order chi connectivity index (χ0) is 22.0. The van der Waals surface area contributed by atoms with Crippen molar-refractivity contribution < 1.29 is 9.53 Å². The molecule has 0 saturated carbocycles. The monoisotopic (exact) mass is 438 g/mol. The van der Waals surface area contributed by atoms with Gasteiger partial charge >= 0.3 is 0 Å². The number of amides is 1. The van der Waals surface area contributed by atoms with Gasteiger partial charge in [0.2, 0.25) is 5.88 Å². The Balaban J connectivity index is 1.63. The zero-order valence-electron chi connectivity index (χ0n) is 17.0. The van der Waals surface area contributed by atoms with Gasteiger partial charge in [0, 0.05) is 6.20 Å². The molecule has 0 aliphatic rings. The van der Waals surface area contributed by atoms with Crippen LogP contribution in [-0.4, -0.2) is 46.7 Å². The molecule has 158 valence electrons. The van der Waals surface area contributed by atoms with Crippen molar-refractivity contribution in [2.75, 3.05) is 5.32 Å². The van der Waals surface area contributed by atoms with Gasteiger partial charge in [-0.15, -0.1) is 0 Å². The molecule has 10 nitrogen and oxygen atoms in total. The van der Waals surface area contributed by atoms with Crippen LogP contribution in [0.5, 0.6) is 5.88 Å². The van der Waals surface area contributed by atoms with E-state index < -0.39 is 6.10 Å². The van der Waals surface area contributed by atoms with Gasteiger partial charge in [-0.25, -0.2) is 19.9 Å². The summed E-state index contributed by atoms with van der Waals surface area (Å²) in [6.45, 7) is 5.57.